The van der Waals surface area contributed by atoms with Crippen LogP contribution in [0.5, 0.6) is 0 Å². The van der Waals surface area contributed by atoms with Gasteiger partial charge in [-0.15, -0.1) is 0 Å². The third-order valence-corrected chi connectivity index (χ3v) is 4.05. The third kappa shape index (κ3) is 3.65. The number of hydrazine groups is 1. The Morgan fingerprint density at radius 1 is 0.893 bits per heavy atom. The molecule has 4 rings (SSSR count). The smallest absolute Gasteiger partial charge is 0.272 e. The average molecular weight is 372 g/mol. The van der Waals surface area contributed by atoms with E-state index in [9.17, 15) is 9.59 Å². The van der Waals surface area contributed by atoms with Crippen molar-refractivity contribution in [3.8, 4) is 16.9 Å². The van der Waals surface area contributed by atoms with Crippen molar-refractivity contribution in [1.82, 2.24) is 30.8 Å². The lowest BCUT2D eigenvalue weighted by Gasteiger charge is -2.04. The number of amides is 2. The Hall–Kier alpha value is -4.20. The summed E-state index contributed by atoms with van der Waals surface area (Å²) >= 11 is 0. The van der Waals surface area contributed by atoms with Crippen molar-refractivity contribution in [3.05, 3.63) is 90.4 Å². The van der Waals surface area contributed by atoms with Crippen LogP contribution in [-0.4, -0.2) is 31.8 Å². The number of para-hydroxylation sites is 1. The summed E-state index contributed by atoms with van der Waals surface area (Å²) in [7, 11) is 0. The monoisotopic (exact) mass is 372 g/mol. The van der Waals surface area contributed by atoms with Crippen molar-refractivity contribution in [2.45, 2.75) is 0 Å². The van der Waals surface area contributed by atoms with E-state index in [-0.39, 0.29) is 5.69 Å². The lowest BCUT2D eigenvalue weighted by molar-refractivity contribution is 0.0844. The maximum atomic E-state index is 12.2. The van der Waals surface area contributed by atoms with Crippen LogP contribution in [0.25, 0.3) is 16.9 Å². The lowest BCUT2D eigenvalue weighted by atomic mass is 10.1. The van der Waals surface area contributed by atoms with Gasteiger partial charge in [0, 0.05) is 11.8 Å². The fourth-order valence-electron chi connectivity index (χ4n) is 2.61. The van der Waals surface area contributed by atoms with Gasteiger partial charge in [0.15, 0.2) is 0 Å². The highest BCUT2D eigenvalue weighted by atomic mass is 16.2. The largest absolute Gasteiger partial charge is 0.287 e. The normalized spacial score (nSPS) is 10.4. The molecule has 4 aromatic rings. The quantitative estimate of drug-likeness (QED) is 0.478. The molecule has 28 heavy (non-hydrogen) atoms. The minimum Gasteiger partial charge on any atom is -0.272 e. The van der Waals surface area contributed by atoms with Gasteiger partial charge in [-0.05, 0) is 18.2 Å². The molecule has 0 saturated heterocycles. The van der Waals surface area contributed by atoms with Gasteiger partial charge in [-0.3, -0.25) is 25.5 Å². The number of nitrogens with one attached hydrogen (secondary N) is 3. The highest BCUT2D eigenvalue weighted by Crippen LogP contribution is 2.16. The molecule has 2 aromatic heterocycles. The van der Waals surface area contributed by atoms with Crippen LogP contribution in [0.2, 0.25) is 0 Å². The predicted octanol–water partition coefficient (Wildman–Crippen LogP) is 2.34. The highest BCUT2D eigenvalue weighted by Gasteiger charge is 2.14. The Labute approximate surface area is 160 Å². The maximum absolute atomic E-state index is 12.2. The van der Waals surface area contributed by atoms with Gasteiger partial charge >= 0.3 is 0 Å². The number of hydrogen-bond acceptors (Lipinski definition) is 4. The summed E-state index contributed by atoms with van der Waals surface area (Å²) in [5, 5.41) is 10.9. The van der Waals surface area contributed by atoms with Gasteiger partial charge in [-0.1, -0.05) is 48.5 Å². The Morgan fingerprint density at radius 3 is 2.32 bits per heavy atom. The van der Waals surface area contributed by atoms with E-state index in [4.69, 9.17) is 0 Å². The second-order valence-electron chi connectivity index (χ2n) is 5.95. The van der Waals surface area contributed by atoms with E-state index in [0.29, 0.717) is 11.3 Å². The Kier molecular flexibility index (Phi) is 4.67. The van der Waals surface area contributed by atoms with Gasteiger partial charge in [0.05, 0.1) is 23.1 Å². The van der Waals surface area contributed by atoms with Crippen molar-refractivity contribution in [1.29, 1.82) is 0 Å². The van der Waals surface area contributed by atoms with Gasteiger partial charge in [0.25, 0.3) is 11.8 Å². The van der Waals surface area contributed by atoms with Gasteiger partial charge in [-0.25, -0.2) is 4.68 Å². The first-order chi connectivity index (χ1) is 13.7. The molecule has 2 heterocycles. The topological polar surface area (TPSA) is 105 Å². The number of aromatic amines is 1. The first-order valence-corrected chi connectivity index (χ1v) is 8.52. The fourth-order valence-corrected chi connectivity index (χ4v) is 2.61. The Bertz CT molecular complexity index is 1010. The summed E-state index contributed by atoms with van der Waals surface area (Å²) < 4.78 is 1.58. The summed E-state index contributed by atoms with van der Waals surface area (Å²) in [5.74, 6) is -0.975. The molecule has 2 amide bonds. The van der Waals surface area contributed by atoms with E-state index < -0.39 is 11.8 Å². The van der Waals surface area contributed by atoms with Crippen LogP contribution in [0.4, 0.5) is 0 Å². The minimum atomic E-state index is -0.501. The molecule has 138 valence electrons. The molecule has 8 nitrogen and oxygen atoms in total. The molecule has 0 aliphatic rings. The van der Waals surface area contributed by atoms with Gasteiger partial charge in [-0.2, -0.15) is 10.2 Å². The van der Waals surface area contributed by atoms with E-state index in [2.05, 4.69) is 26.1 Å². The average Bonchev–Trinajstić information content (AvgIpc) is 3.43. The van der Waals surface area contributed by atoms with Gasteiger partial charge in [0.2, 0.25) is 0 Å². The van der Waals surface area contributed by atoms with Crippen LogP contribution in [-0.2, 0) is 0 Å². The molecule has 0 atom stereocenters. The second-order valence-corrected chi connectivity index (χ2v) is 5.95. The van der Waals surface area contributed by atoms with Crippen LogP contribution >= 0.6 is 0 Å². The van der Waals surface area contributed by atoms with Crippen LogP contribution in [0, 0.1) is 0 Å². The van der Waals surface area contributed by atoms with E-state index in [1.54, 1.807) is 16.9 Å². The molecule has 0 unspecified atom stereocenters. The zero-order valence-corrected chi connectivity index (χ0v) is 14.7. The molecule has 0 fully saturated rings. The number of nitrogens with zero attached hydrogens (tertiary/aromatic N) is 3. The first-order valence-electron chi connectivity index (χ1n) is 8.52. The summed E-state index contributed by atoms with van der Waals surface area (Å²) in [4.78, 5) is 24.5. The first kappa shape index (κ1) is 17.2. The molecular formula is C20H16N6O2. The van der Waals surface area contributed by atoms with E-state index in [1.165, 1.54) is 6.20 Å². The predicted molar refractivity (Wildman–Crippen MR) is 103 cm³/mol. The number of carbonyl (C=O) groups is 2. The number of benzene rings is 2. The van der Waals surface area contributed by atoms with Crippen molar-refractivity contribution in [2.75, 3.05) is 0 Å². The third-order valence-electron chi connectivity index (χ3n) is 4.05. The van der Waals surface area contributed by atoms with E-state index in [1.807, 2.05) is 60.7 Å². The number of rotatable bonds is 4. The Balaban J connectivity index is 1.38. The standard InChI is InChI=1S/C20H16N6O2/c27-19(15-12-21-26(13-15)16-9-5-2-6-10-16)24-25-20(28)18-11-17(22-23-18)14-7-3-1-4-8-14/h1-13H,(H,22,23)(H,24,27)(H,25,28). The van der Waals surface area contributed by atoms with Gasteiger partial charge < -0.3 is 0 Å². The van der Waals surface area contributed by atoms with Crippen LogP contribution in [0.3, 0.4) is 0 Å². The van der Waals surface area contributed by atoms with E-state index >= 15 is 0 Å². The summed E-state index contributed by atoms with van der Waals surface area (Å²) in [6, 6.07) is 20.5. The molecule has 0 aliphatic carbocycles. The van der Waals surface area contributed by atoms with Gasteiger partial charge in [0.1, 0.15) is 5.69 Å². The zero-order chi connectivity index (χ0) is 19.3. The SMILES string of the molecule is O=C(NNC(=O)c1cc(-c2ccccc2)n[nH]1)c1cnn(-c2ccccc2)c1. The minimum absolute atomic E-state index is 0.235. The molecule has 0 spiro atoms. The molecule has 3 N–H and O–H groups in total. The summed E-state index contributed by atoms with van der Waals surface area (Å²) in [6.45, 7) is 0. The zero-order valence-electron chi connectivity index (χ0n) is 14.7. The summed E-state index contributed by atoms with van der Waals surface area (Å²) in [6.07, 6.45) is 3.01. The number of hydrogen-bond donors (Lipinski definition) is 3. The molecule has 0 saturated carbocycles. The van der Waals surface area contributed by atoms with Crippen molar-refractivity contribution in [2.24, 2.45) is 0 Å². The molecule has 8 heteroatoms. The van der Waals surface area contributed by atoms with Crippen LogP contribution in [0.15, 0.2) is 79.1 Å². The van der Waals surface area contributed by atoms with Crippen molar-refractivity contribution < 1.29 is 9.59 Å². The molecular weight excluding hydrogens is 356 g/mol. The van der Waals surface area contributed by atoms with Crippen LogP contribution < -0.4 is 10.9 Å². The van der Waals surface area contributed by atoms with Crippen LogP contribution in [0.1, 0.15) is 20.8 Å². The maximum Gasteiger partial charge on any atom is 0.287 e. The molecule has 0 bridgehead atoms. The molecule has 0 aliphatic heterocycles. The summed E-state index contributed by atoms with van der Waals surface area (Å²) in [5.41, 5.74) is 7.64. The second kappa shape index (κ2) is 7.58. The van der Waals surface area contributed by atoms with Crippen molar-refractivity contribution in [3.63, 3.8) is 0 Å². The number of carbonyl (C=O) groups excluding carboxylic acids is 2. The highest BCUT2D eigenvalue weighted by molar-refractivity contribution is 5.98. The lowest BCUT2D eigenvalue weighted by Crippen LogP contribution is -2.41. The molecule has 0 radical (unpaired) electrons. The van der Waals surface area contributed by atoms with Crippen molar-refractivity contribution >= 4 is 11.8 Å². The van der Waals surface area contributed by atoms with E-state index in [0.717, 1.165) is 11.3 Å². The Morgan fingerprint density at radius 2 is 1.57 bits per heavy atom. The fraction of sp³-hybridized carbons (Fsp3) is 0. The number of H-pyrrole nitrogens is 1. The number of aromatic nitrogens is 4. The molecule has 2 aromatic carbocycles.